The van der Waals surface area contributed by atoms with Gasteiger partial charge in [-0.1, -0.05) is 12.1 Å². The molecule has 0 unspecified atom stereocenters. The molecule has 2 aromatic rings. The number of pyridine rings is 1. The van der Waals surface area contributed by atoms with E-state index >= 15 is 0 Å². The second-order valence-corrected chi connectivity index (χ2v) is 10.4. The molecule has 2 aliphatic carbocycles. The van der Waals surface area contributed by atoms with E-state index < -0.39 is 33.2 Å². The standard InChI is InChI=1S/C22H22F3N3O3S/c23-22(24,25)18-9-8-15(19(27-18)13-6-7-13)21(10-11-21)20(29)28-32(30,31)17-5-1-4-16-14(17)3-2-12-26-16/h1,4-5,8-9,13,26H,2-3,6-7,10-12H2,(H,28,29). The molecule has 32 heavy (non-hydrogen) atoms. The van der Waals surface area contributed by atoms with E-state index in [9.17, 15) is 26.4 Å². The van der Waals surface area contributed by atoms with Crippen molar-refractivity contribution in [2.24, 2.45) is 0 Å². The molecule has 1 aromatic carbocycles. The topological polar surface area (TPSA) is 88.2 Å². The highest BCUT2D eigenvalue weighted by Crippen LogP contribution is 2.54. The number of hydrogen-bond acceptors (Lipinski definition) is 5. The fourth-order valence-electron chi connectivity index (χ4n) is 4.45. The van der Waals surface area contributed by atoms with Gasteiger partial charge in [-0.05, 0) is 67.9 Å². The summed E-state index contributed by atoms with van der Waals surface area (Å²) in [7, 11) is -4.14. The van der Waals surface area contributed by atoms with Crippen LogP contribution < -0.4 is 10.0 Å². The Morgan fingerprint density at radius 2 is 1.91 bits per heavy atom. The number of carbonyl (C=O) groups excluding carboxylic acids is 1. The SMILES string of the molecule is O=C(NS(=O)(=O)c1cccc2c1CCCN2)C1(c2ccc(C(F)(F)F)nc2C2CC2)CC1. The Balaban J connectivity index is 1.47. The maximum atomic E-state index is 13.2. The van der Waals surface area contributed by atoms with Crippen LogP contribution in [0.2, 0.25) is 0 Å². The number of halogens is 3. The summed E-state index contributed by atoms with van der Waals surface area (Å²) in [6, 6.07) is 7.07. The average Bonchev–Trinajstić information content (AvgIpc) is 3.65. The Morgan fingerprint density at radius 1 is 1.16 bits per heavy atom. The van der Waals surface area contributed by atoms with Crippen molar-refractivity contribution >= 4 is 21.6 Å². The van der Waals surface area contributed by atoms with Gasteiger partial charge in [0.2, 0.25) is 5.91 Å². The van der Waals surface area contributed by atoms with Crippen LogP contribution in [0, 0.1) is 0 Å². The number of sulfonamides is 1. The van der Waals surface area contributed by atoms with Gasteiger partial charge in [-0.15, -0.1) is 0 Å². The number of anilines is 1. The van der Waals surface area contributed by atoms with Crippen molar-refractivity contribution in [2.75, 3.05) is 11.9 Å². The van der Waals surface area contributed by atoms with Crippen molar-refractivity contribution in [3.8, 4) is 0 Å². The molecule has 3 aliphatic rings. The molecule has 6 nitrogen and oxygen atoms in total. The van der Waals surface area contributed by atoms with E-state index in [1.807, 2.05) is 0 Å². The lowest BCUT2D eigenvalue weighted by Gasteiger charge is -2.23. The van der Waals surface area contributed by atoms with Crippen molar-refractivity contribution in [1.82, 2.24) is 9.71 Å². The number of nitrogens with zero attached hydrogens (tertiary/aromatic N) is 1. The number of fused-ring (bicyclic) bond motifs is 1. The van der Waals surface area contributed by atoms with Crippen molar-refractivity contribution in [3.63, 3.8) is 0 Å². The van der Waals surface area contributed by atoms with Gasteiger partial charge >= 0.3 is 6.18 Å². The Hall–Kier alpha value is -2.62. The Kier molecular flexibility index (Phi) is 4.77. The Morgan fingerprint density at radius 3 is 2.56 bits per heavy atom. The fourth-order valence-corrected chi connectivity index (χ4v) is 5.80. The molecular weight excluding hydrogens is 443 g/mol. The van der Waals surface area contributed by atoms with Gasteiger partial charge in [0, 0.05) is 23.8 Å². The number of benzene rings is 1. The van der Waals surface area contributed by atoms with Crippen molar-refractivity contribution < 1.29 is 26.4 Å². The molecule has 0 spiro atoms. The smallest absolute Gasteiger partial charge is 0.385 e. The minimum atomic E-state index is -4.58. The summed E-state index contributed by atoms with van der Waals surface area (Å²) in [5.74, 6) is -0.830. The molecular formula is C22H22F3N3O3S. The number of rotatable bonds is 5. The van der Waals surface area contributed by atoms with Gasteiger partial charge in [0.1, 0.15) is 5.69 Å². The van der Waals surface area contributed by atoms with E-state index in [0.29, 0.717) is 43.2 Å². The number of nitrogens with one attached hydrogen (secondary N) is 2. The van der Waals surface area contributed by atoms with Gasteiger partial charge in [0.25, 0.3) is 10.0 Å². The molecule has 10 heteroatoms. The van der Waals surface area contributed by atoms with Gasteiger partial charge in [0.05, 0.1) is 10.3 Å². The van der Waals surface area contributed by atoms with Crippen molar-refractivity contribution in [2.45, 2.75) is 60.9 Å². The van der Waals surface area contributed by atoms with Crippen LogP contribution in [-0.4, -0.2) is 25.9 Å². The fraction of sp³-hybridized carbons (Fsp3) is 0.455. The highest BCUT2D eigenvalue weighted by molar-refractivity contribution is 7.90. The molecule has 2 saturated carbocycles. The predicted molar refractivity (Wildman–Crippen MR) is 111 cm³/mol. The van der Waals surface area contributed by atoms with Crippen LogP contribution in [0.4, 0.5) is 18.9 Å². The third kappa shape index (κ3) is 3.64. The number of hydrogen-bond donors (Lipinski definition) is 2. The molecule has 2 heterocycles. The molecule has 0 atom stereocenters. The predicted octanol–water partition coefficient (Wildman–Crippen LogP) is 3.87. The van der Waals surface area contributed by atoms with E-state index in [4.69, 9.17) is 0 Å². The number of alkyl halides is 3. The second kappa shape index (κ2) is 7.19. The first-order valence-corrected chi connectivity index (χ1v) is 12.1. The monoisotopic (exact) mass is 465 g/mol. The molecule has 5 rings (SSSR count). The largest absolute Gasteiger partial charge is 0.433 e. The number of amides is 1. The van der Waals surface area contributed by atoms with Crippen molar-refractivity contribution in [1.29, 1.82) is 0 Å². The average molecular weight is 465 g/mol. The summed E-state index contributed by atoms with van der Waals surface area (Å²) in [4.78, 5) is 17.1. The number of aromatic nitrogens is 1. The van der Waals surface area contributed by atoms with Crippen LogP contribution in [0.1, 0.15) is 60.5 Å². The molecule has 0 bridgehead atoms. The lowest BCUT2D eigenvalue weighted by atomic mass is 9.91. The summed E-state index contributed by atoms with van der Waals surface area (Å²) in [5.41, 5.74) is -0.0942. The molecule has 2 fully saturated rings. The maximum Gasteiger partial charge on any atom is 0.433 e. The number of carbonyl (C=O) groups is 1. The Bertz CT molecular complexity index is 1200. The van der Waals surface area contributed by atoms with Crippen LogP contribution in [-0.2, 0) is 32.8 Å². The van der Waals surface area contributed by atoms with E-state index in [1.54, 1.807) is 12.1 Å². The highest BCUT2D eigenvalue weighted by atomic mass is 32.2. The van der Waals surface area contributed by atoms with Gasteiger partial charge in [-0.25, -0.2) is 18.1 Å². The molecule has 0 saturated heterocycles. The quantitative estimate of drug-likeness (QED) is 0.700. The first-order valence-electron chi connectivity index (χ1n) is 10.6. The zero-order valence-electron chi connectivity index (χ0n) is 17.1. The van der Waals surface area contributed by atoms with Crippen LogP contribution in [0.5, 0.6) is 0 Å². The van der Waals surface area contributed by atoms with E-state index in [-0.39, 0.29) is 16.5 Å². The van der Waals surface area contributed by atoms with Gasteiger partial charge in [-0.3, -0.25) is 4.79 Å². The lowest BCUT2D eigenvalue weighted by Crippen LogP contribution is -2.40. The Labute approximate surface area is 183 Å². The van der Waals surface area contributed by atoms with Crippen LogP contribution in [0.3, 0.4) is 0 Å². The summed E-state index contributed by atoms with van der Waals surface area (Å²) >= 11 is 0. The maximum absolute atomic E-state index is 13.2. The molecule has 2 N–H and O–H groups in total. The molecule has 0 radical (unpaired) electrons. The van der Waals surface area contributed by atoms with Crippen LogP contribution >= 0.6 is 0 Å². The zero-order valence-corrected chi connectivity index (χ0v) is 17.9. The first kappa shape index (κ1) is 21.2. The van der Waals surface area contributed by atoms with E-state index in [2.05, 4.69) is 15.0 Å². The summed E-state index contributed by atoms with van der Waals surface area (Å²) < 4.78 is 68.0. The van der Waals surface area contributed by atoms with Gasteiger partial charge in [-0.2, -0.15) is 13.2 Å². The minimum absolute atomic E-state index is 0.0549. The molecule has 1 amide bonds. The van der Waals surface area contributed by atoms with Gasteiger partial charge in [0.15, 0.2) is 0 Å². The van der Waals surface area contributed by atoms with E-state index in [1.165, 1.54) is 12.1 Å². The zero-order chi connectivity index (χ0) is 22.7. The summed E-state index contributed by atoms with van der Waals surface area (Å²) in [6.07, 6.45) is -1.07. The van der Waals surface area contributed by atoms with Crippen molar-refractivity contribution in [3.05, 3.63) is 52.8 Å². The molecule has 1 aromatic heterocycles. The normalized spacial score (nSPS) is 19.6. The van der Waals surface area contributed by atoms with E-state index in [0.717, 1.165) is 24.7 Å². The van der Waals surface area contributed by atoms with Crippen LogP contribution in [0.25, 0.3) is 0 Å². The summed E-state index contributed by atoms with van der Waals surface area (Å²) in [5, 5.41) is 3.16. The van der Waals surface area contributed by atoms with Crippen LogP contribution in [0.15, 0.2) is 35.2 Å². The third-order valence-corrected chi connectivity index (χ3v) is 7.86. The molecule has 170 valence electrons. The van der Waals surface area contributed by atoms with Gasteiger partial charge < -0.3 is 5.32 Å². The summed E-state index contributed by atoms with van der Waals surface area (Å²) in [6.45, 7) is 0.747. The highest BCUT2D eigenvalue weighted by Gasteiger charge is 2.55. The minimum Gasteiger partial charge on any atom is -0.385 e. The first-order chi connectivity index (χ1) is 15.1. The lowest BCUT2D eigenvalue weighted by molar-refractivity contribution is -0.141. The molecule has 1 aliphatic heterocycles. The second-order valence-electron chi connectivity index (χ2n) is 8.73. The third-order valence-electron chi connectivity index (χ3n) is 6.45.